The Morgan fingerprint density at radius 1 is 1.03 bits per heavy atom. The molecule has 4 aromatic rings. The summed E-state index contributed by atoms with van der Waals surface area (Å²) in [6.07, 6.45) is 0. The van der Waals surface area contributed by atoms with E-state index < -0.39 is 6.04 Å². The van der Waals surface area contributed by atoms with Crippen LogP contribution in [-0.2, 0) is 6.54 Å². The molecule has 182 valence electrons. The third kappa shape index (κ3) is 4.57. The topological polar surface area (TPSA) is 80.5 Å². The van der Waals surface area contributed by atoms with Crippen molar-refractivity contribution < 1.29 is 18.4 Å². The SMILES string of the molecule is CCOc1ccc(-c2noc(C3=C(C)N(Cc4ccccc4F)C(=O)NC3c3ccccc3)n2)cc1. The van der Waals surface area contributed by atoms with Gasteiger partial charge in [0.2, 0.25) is 5.82 Å². The number of benzene rings is 3. The number of allylic oxidation sites excluding steroid dienone is 1. The Kier molecular flexibility index (Phi) is 6.49. The van der Waals surface area contributed by atoms with E-state index in [-0.39, 0.29) is 24.3 Å². The molecule has 0 bridgehead atoms. The first-order valence-electron chi connectivity index (χ1n) is 11.7. The van der Waals surface area contributed by atoms with E-state index in [9.17, 15) is 9.18 Å². The Morgan fingerprint density at radius 3 is 2.47 bits per heavy atom. The van der Waals surface area contributed by atoms with Gasteiger partial charge in [-0.25, -0.2) is 9.18 Å². The molecule has 8 heteroatoms. The number of ether oxygens (including phenoxy) is 1. The smallest absolute Gasteiger partial charge is 0.322 e. The van der Waals surface area contributed by atoms with E-state index in [1.165, 1.54) is 11.0 Å². The molecule has 1 aliphatic heterocycles. The highest BCUT2D eigenvalue weighted by atomic mass is 19.1. The Labute approximate surface area is 208 Å². The molecule has 2 heterocycles. The summed E-state index contributed by atoms with van der Waals surface area (Å²) >= 11 is 0. The zero-order valence-corrected chi connectivity index (χ0v) is 19.9. The standard InChI is InChI=1S/C28H25FN4O3/c1-3-35-22-15-13-20(14-16-22)26-31-27(36-32-26)24-18(2)33(17-21-11-7-8-12-23(21)29)28(34)30-25(24)19-9-5-4-6-10-19/h4-16,25H,3,17H2,1-2H3,(H,30,34). The summed E-state index contributed by atoms with van der Waals surface area (Å²) in [5.74, 6) is 1.08. The van der Waals surface area contributed by atoms with Gasteiger partial charge in [-0.3, -0.25) is 4.90 Å². The maximum atomic E-state index is 14.4. The summed E-state index contributed by atoms with van der Waals surface area (Å²) in [6, 6.07) is 22.6. The van der Waals surface area contributed by atoms with Crippen LogP contribution in [0, 0.1) is 5.82 Å². The molecule has 2 amide bonds. The molecule has 1 aliphatic rings. The fourth-order valence-corrected chi connectivity index (χ4v) is 4.26. The van der Waals surface area contributed by atoms with Crippen LogP contribution >= 0.6 is 0 Å². The van der Waals surface area contributed by atoms with Gasteiger partial charge in [-0.1, -0.05) is 53.7 Å². The van der Waals surface area contributed by atoms with E-state index in [1.54, 1.807) is 18.2 Å². The van der Waals surface area contributed by atoms with Crippen LogP contribution in [0.3, 0.4) is 0 Å². The number of nitrogens with one attached hydrogen (secondary N) is 1. The molecule has 1 unspecified atom stereocenters. The number of rotatable bonds is 7. The summed E-state index contributed by atoms with van der Waals surface area (Å²) in [5, 5.41) is 7.22. The van der Waals surface area contributed by atoms with Crippen molar-refractivity contribution in [3.63, 3.8) is 0 Å². The molecule has 3 aromatic carbocycles. The quantitative estimate of drug-likeness (QED) is 0.349. The van der Waals surface area contributed by atoms with Gasteiger partial charge >= 0.3 is 6.03 Å². The number of nitrogens with zero attached hydrogens (tertiary/aromatic N) is 3. The van der Waals surface area contributed by atoms with Gasteiger partial charge in [0.25, 0.3) is 5.89 Å². The number of carbonyl (C=O) groups excluding carboxylic acids is 1. The van der Waals surface area contributed by atoms with E-state index in [4.69, 9.17) is 9.26 Å². The molecule has 7 nitrogen and oxygen atoms in total. The molecular weight excluding hydrogens is 459 g/mol. The van der Waals surface area contributed by atoms with Crippen LogP contribution in [0.4, 0.5) is 9.18 Å². The van der Waals surface area contributed by atoms with Crippen LogP contribution < -0.4 is 10.1 Å². The third-order valence-electron chi connectivity index (χ3n) is 6.10. The first-order valence-corrected chi connectivity index (χ1v) is 11.7. The molecular formula is C28H25FN4O3. The summed E-state index contributed by atoms with van der Waals surface area (Å²) < 4.78 is 25.6. The summed E-state index contributed by atoms with van der Waals surface area (Å²) in [7, 11) is 0. The van der Waals surface area contributed by atoms with E-state index in [1.807, 2.05) is 68.4 Å². The average molecular weight is 485 g/mol. The van der Waals surface area contributed by atoms with Crippen molar-refractivity contribution in [2.24, 2.45) is 0 Å². The lowest BCUT2D eigenvalue weighted by atomic mass is 9.94. The highest BCUT2D eigenvalue weighted by molar-refractivity contribution is 5.86. The van der Waals surface area contributed by atoms with Crippen molar-refractivity contribution in [3.05, 3.63) is 107 Å². The van der Waals surface area contributed by atoms with Gasteiger partial charge in [0.05, 0.1) is 24.8 Å². The van der Waals surface area contributed by atoms with E-state index in [2.05, 4.69) is 15.5 Å². The Balaban J connectivity index is 1.56. The minimum atomic E-state index is -0.510. The van der Waals surface area contributed by atoms with Crippen LogP contribution in [-0.4, -0.2) is 27.7 Å². The Hall–Kier alpha value is -4.46. The molecule has 0 saturated carbocycles. The number of amides is 2. The van der Waals surface area contributed by atoms with E-state index >= 15 is 0 Å². The number of hydrogen-bond acceptors (Lipinski definition) is 5. The zero-order chi connectivity index (χ0) is 25.1. The van der Waals surface area contributed by atoms with Gasteiger partial charge in [-0.05, 0) is 49.7 Å². The van der Waals surface area contributed by atoms with Crippen molar-refractivity contribution >= 4 is 11.6 Å². The van der Waals surface area contributed by atoms with Crippen LogP contribution in [0.1, 0.15) is 36.9 Å². The molecule has 36 heavy (non-hydrogen) atoms. The fraction of sp³-hybridized carbons (Fsp3) is 0.179. The second-order valence-electron chi connectivity index (χ2n) is 8.35. The third-order valence-corrected chi connectivity index (χ3v) is 6.10. The van der Waals surface area contributed by atoms with E-state index in [0.29, 0.717) is 29.3 Å². The lowest BCUT2D eigenvalue weighted by Gasteiger charge is -2.35. The van der Waals surface area contributed by atoms with Crippen molar-refractivity contribution in [1.29, 1.82) is 0 Å². The number of urea groups is 1. The molecule has 0 aliphatic carbocycles. The average Bonchev–Trinajstić information content (AvgIpc) is 3.38. The highest BCUT2D eigenvalue weighted by Gasteiger charge is 2.36. The van der Waals surface area contributed by atoms with Gasteiger partial charge in [0.15, 0.2) is 0 Å². The molecule has 0 saturated heterocycles. The molecule has 5 rings (SSSR count). The molecule has 1 atom stereocenters. The van der Waals surface area contributed by atoms with Crippen molar-refractivity contribution in [2.75, 3.05) is 6.61 Å². The van der Waals surface area contributed by atoms with Crippen LogP contribution in [0.5, 0.6) is 5.75 Å². The lowest BCUT2D eigenvalue weighted by molar-refractivity contribution is 0.202. The molecule has 0 fully saturated rings. The first-order chi connectivity index (χ1) is 17.5. The minimum Gasteiger partial charge on any atom is -0.494 e. The number of halogens is 1. The summed E-state index contributed by atoms with van der Waals surface area (Å²) in [6.45, 7) is 4.38. The fourth-order valence-electron chi connectivity index (χ4n) is 4.26. The molecule has 1 aromatic heterocycles. The predicted octanol–water partition coefficient (Wildman–Crippen LogP) is 5.97. The second kappa shape index (κ2) is 10.0. The molecule has 0 spiro atoms. The Morgan fingerprint density at radius 2 is 1.75 bits per heavy atom. The predicted molar refractivity (Wildman–Crippen MR) is 133 cm³/mol. The van der Waals surface area contributed by atoms with Crippen LogP contribution in [0.15, 0.2) is 89.1 Å². The Bertz CT molecular complexity index is 1400. The highest BCUT2D eigenvalue weighted by Crippen LogP contribution is 2.38. The summed E-state index contributed by atoms with van der Waals surface area (Å²) in [5.41, 5.74) is 3.31. The summed E-state index contributed by atoms with van der Waals surface area (Å²) in [4.78, 5) is 19.3. The van der Waals surface area contributed by atoms with Gasteiger partial charge < -0.3 is 14.6 Å². The van der Waals surface area contributed by atoms with Gasteiger partial charge in [0, 0.05) is 16.8 Å². The van der Waals surface area contributed by atoms with Gasteiger partial charge in [-0.15, -0.1) is 0 Å². The maximum absolute atomic E-state index is 14.4. The number of aromatic nitrogens is 2. The van der Waals surface area contributed by atoms with Gasteiger partial charge in [0.1, 0.15) is 11.6 Å². The number of hydrogen-bond donors (Lipinski definition) is 1. The largest absolute Gasteiger partial charge is 0.494 e. The minimum absolute atomic E-state index is 0.0647. The molecule has 0 radical (unpaired) electrons. The molecule has 1 N–H and O–H groups in total. The van der Waals surface area contributed by atoms with Crippen LogP contribution in [0.25, 0.3) is 17.0 Å². The van der Waals surface area contributed by atoms with E-state index in [0.717, 1.165) is 16.9 Å². The van der Waals surface area contributed by atoms with Crippen molar-refractivity contribution in [1.82, 2.24) is 20.4 Å². The van der Waals surface area contributed by atoms with Crippen molar-refractivity contribution in [3.8, 4) is 17.1 Å². The number of carbonyl (C=O) groups is 1. The van der Waals surface area contributed by atoms with Crippen molar-refractivity contribution in [2.45, 2.75) is 26.4 Å². The normalized spacial score (nSPS) is 15.7. The first kappa shape index (κ1) is 23.3. The zero-order valence-electron chi connectivity index (χ0n) is 19.9. The second-order valence-corrected chi connectivity index (χ2v) is 8.35. The lowest BCUT2D eigenvalue weighted by Crippen LogP contribution is -2.45. The maximum Gasteiger partial charge on any atom is 0.322 e. The van der Waals surface area contributed by atoms with Crippen LogP contribution in [0.2, 0.25) is 0 Å². The van der Waals surface area contributed by atoms with Gasteiger partial charge in [-0.2, -0.15) is 4.98 Å². The monoisotopic (exact) mass is 484 g/mol.